The first kappa shape index (κ1) is 20.9. The van der Waals surface area contributed by atoms with Crippen molar-refractivity contribution in [1.29, 1.82) is 0 Å². The molecule has 1 saturated heterocycles. The number of aromatic nitrogens is 2. The minimum absolute atomic E-state index is 0.201. The SMILES string of the molecule is Cc1cc(N2CCCC2)nc(Nc2ccc(NC(=O)/C=C/c3ccc(Cl)cc3)cc2)n1. The number of nitrogens with one attached hydrogen (secondary N) is 2. The summed E-state index contributed by atoms with van der Waals surface area (Å²) in [6.07, 6.45) is 5.65. The summed E-state index contributed by atoms with van der Waals surface area (Å²) in [6, 6.07) is 16.8. The van der Waals surface area contributed by atoms with Gasteiger partial charge in [-0.1, -0.05) is 23.7 Å². The molecule has 0 bridgehead atoms. The van der Waals surface area contributed by atoms with E-state index in [-0.39, 0.29) is 5.91 Å². The Morgan fingerprint density at radius 2 is 1.68 bits per heavy atom. The molecule has 0 saturated carbocycles. The van der Waals surface area contributed by atoms with Gasteiger partial charge in [-0.2, -0.15) is 4.98 Å². The fraction of sp³-hybridized carbons (Fsp3) is 0.208. The standard InChI is InChI=1S/C24H24ClN5O/c1-17-16-22(30-14-2-3-15-30)29-24(26-17)28-21-11-9-20(10-12-21)27-23(31)13-6-18-4-7-19(25)8-5-18/h4-13,16H,2-3,14-15H2,1H3,(H,27,31)(H,26,28,29)/b13-6+. The Kier molecular flexibility index (Phi) is 6.48. The number of nitrogens with zero attached hydrogens (tertiary/aromatic N) is 3. The number of carbonyl (C=O) groups excluding carboxylic acids is 1. The predicted molar refractivity (Wildman–Crippen MR) is 127 cm³/mol. The summed E-state index contributed by atoms with van der Waals surface area (Å²) in [5, 5.41) is 6.77. The van der Waals surface area contributed by atoms with Gasteiger partial charge in [-0.05, 0) is 67.8 Å². The van der Waals surface area contributed by atoms with Crippen molar-refractivity contribution in [2.45, 2.75) is 19.8 Å². The number of hydrogen-bond acceptors (Lipinski definition) is 5. The molecule has 1 amide bonds. The van der Waals surface area contributed by atoms with Crippen molar-refractivity contribution in [3.63, 3.8) is 0 Å². The lowest BCUT2D eigenvalue weighted by Gasteiger charge is -2.17. The quantitative estimate of drug-likeness (QED) is 0.507. The lowest BCUT2D eigenvalue weighted by atomic mass is 10.2. The van der Waals surface area contributed by atoms with Crippen LogP contribution in [0.4, 0.5) is 23.1 Å². The van der Waals surface area contributed by atoms with Crippen LogP contribution in [0.2, 0.25) is 5.02 Å². The number of benzene rings is 2. The number of carbonyl (C=O) groups is 1. The van der Waals surface area contributed by atoms with Crippen LogP contribution < -0.4 is 15.5 Å². The molecule has 3 aromatic rings. The number of amides is 1. The Hall–Kier alpha value is -3.38. The molecule has 1 fully saturated rings. The number of aryl methyl sites for hydroxylation is 1. The first-order valence-electron chi connectivity index (χ1n) is 10.3. The molecule has 2 N–H and O–H groups in total. The van der Waals surface area contributed by atoms with Crippen LogP contribution in [0, 0.1) is 6.92 Å². The van der Waals surface area contributed by atoms with E-state index in [1.54, 1.807) is 18.2 Å². The van der Waals surface area contributed by atoms with Gasteiger partial charge in [0.25, 0.3) is 0 Å². The van der Waals surface area contributed by atoms with Gasteiger partial charge in [-0.15, -0.1) is 0 Å². The van der Waals surface area contributed by atoms with Gasteiger partial charge in [0.2, 0.25) is 11.9 Å². The van der Waals surface area contributed by atoms with Crippen LogP contribution in [0.25, 0.3) is 6.08 Å². The zero-order valence-corrected chi connectivity index (χ0v) is 18.1. The maximum Gasteiger partial charge on any atom is 0.248 e. The molecule has 1 aliphatic rings. The zero-order valence-electron chi connectivity index (χ0n) is 17.3. The highest BCUT2D eigenvalue weighted by Crippen LogP contribution is 2.22. The Morgan fingerprint density at radius 1 is 1.00 bits per heavy atom. The second-order valence-corrected chi connectivity index (χ2v) is 7.90. The van der Waals surface area contributed by atoms with E-state index in [9.17, 15) is 4.79 Å². The van der Waals surface area contributed by atoms with Gasteiger partial charge in [0.1, 0.15) is 5.82 Å². The van der Waals surface area contributed by atoms with Crippen LogP contribution in [0.1, 0.15) is 24.1 Å². The monoisotopic (exact) mass is 433 g/mol. The molecule has 31 heavy (non-hydrogen) atoms. The molecule has 4 rings (SSSR count). The van der Waals surface area contributed by atoms with Crippen molar-refractivity contribution >= 4 is 46.7 Å². The van der Waals surface area contributed by atoms with Gasteiger partial charge in [0, 0.05) is 47.3 Å². The summed E-state index contributed by atoms with van der Waals surface area (Å²) >= 11 is 5.87. The molecule has 1 aliphatic heterocycles. The molecule has 2 aromatic carbocycles. The largest absolute Gasteiger partial charge is 0.356 e. The minimum Gasteiger partial charge on any atom is -0.356 e. The summed E-state index contributed by atoms with van der Waals surface area (Å²) < 4.78 is 0. The van der Waals surface area contributed by atoms with E-state index in [4.69, 9.17) is 11.6 Å². The Labute approximate surface area is 187 Å². The van der Waals surface area contributed by atoms with E-state index in [1.165, 1.54) is 18.9 Å². The highest BCUT2D eigenvalue weighted by Gasteiger charge is 2.15. The van der Waals surface area contributed by atoms with Crippen LogP contribution in [0.3, 0.4) is 0 Å². The molecule has 6 nitrogen and oxygen atoms in total. The van der Waals surface area contributed by atoms with Crippen LogP contribution in [0.15, 0.2) is 60.7 Å². The average molecular weight is 434 g/mol. The normalized spacial score (nSPS) is 13.5. The second-order valence-electron chi connectivity index (χ2n) is 7.46. The summed E-state index contributed by atoms with van der Waals surface area (Å²) in [7, 11) is 0. The van der Waals surface area contributed by atoms with Crippen LogP contribution in [-0.4, -0.2) is 29.0 Å². The van der Waals surface area contributed by atoms with E-state index < -0.39 is 0 Å². The number of halogens is 1. The molecule has 7 heteroatoms. The highest BCUT2D eigenvalue weighted by molar-refractivity contribution is 6.30. The summed E-state index contributed by atoms with van der Waals surface area (Å²) in [6.45, 7) is 4.05. The third-order valence-corrected chi connectivity index (χ3v) is 5.23. The van der Waals surface area contributed by atoms with Gasteiger partial charge in [0.05, 0.1) is 0 Å². The van der Waals surface area contributed by atoms with E-state index in [0.717, 1.165) is 35.9 Å². The van der Waals surface area contributed by atoms with Gasteiger partial charge in [-0.25, -0.2) is 4.98 Å². The smallest absolute Gasteiger partial charge is 0.248 e. The molecule has 0 unspecified atom stereocenters. The Balaban J connectivity index is 1.37. The first-order chi connectivity index (χ1) is 15.0. The number of rotatable bonds is 6. The number of anilines is 4. The molecule has 0 aliphatic carbocycles. The maximum absolute atomic E-state index is 12.2. The Bertz CT molecular complexity index is 1070. The van der Waals surface area contributed by atoms with E-state index in [1.807, 2.05) is 49.4 Å². The molecule has 0 spiro atoms. The number of hydrogen-bond donors (Lipinski definition) is 2. The third-order valence-electron chi connectivity index (χ3n) is 4.98. The maximum atomic E-state index is 12.2. The molecule has 1 aromatic heterocycles. The predicted octanol–water partition coefficient (Wildman–Crippen LogP) is 5.43. The van der Waals surface area contributed by atoms with Gasteiger partial charge in [0.15, 0.2) is 0 Å². The van der Waals surface area contributed by atoms with Gasteiger partial charge < -0.3 is 15.5 Å². The molecule has 2 heterocycles. The van der Waals surface area contributed by atoms with E-state index in [0.29, 0.717) is 16.7 Å². The van der Waals surface area contributed by atoms with Crippen molar-refractivity contribution in [3.8, 4) is 0 Å². The van der Waals surface area contributed by atoms with E-state index in [2.05, 4.69) is 25.5 Å². The zero-order chi connectivity index (χ0) is 21.6. The first-order valence-corrected chi connectivity index (χ1v) is 10.7. The van der Waals surface area contributed by atoms with Crippen molar-refractivity contribution in [2.24, 2.45) is 0 Å². The van der Waals surface area contributed by atoms with Crippen molar-refractivity contribution in [3.05, 3.63) is 77.0 Å². The highest BCUT2D eigenvalue weighted by atomic mass is 35.5. The van der Waals surface area contributed by atoms with Gasteiger partial charge >= 0.3 is 0 Å². The second kappa shape index (κ2) is 9.62. The molecule has 0 radical (unpaired) electrons. The van der Waals surface area contributed by atoms with Crippen LogP contribution in [0.5, 0.6) is 0 Å². The topological polar surface area (TPSA) is 70.2 Å². The third kappa shape index (κ3) is 5.83. The van der Waals surface area contributed by atoms with Crippen molar-refractivity contribution in [2.75, 3.05) is 28.6 Å². The lowest BCUT2D eigenvalue weighted by Crippen LogP contribution is -2.19. The summed E-state index contributed by atoms with van der Waals surface area (Å²) in [5.41, 5.74) is 3.40. The molecule has 158 valence electrons. The van der Waals surface area contributed by atoms with Crippen LogP contribution in [-0.2, 0) is 4.79 Å². The molecular formula is C24H24ClN5O. The fourth-order valence-electron chi connectivity index (χ4n) is 3.41. The van der Waals surface area contributed by atoms with Crippen LogP contribution >= 0.6 is 11.6 Å². The fourth-order valence-corrected chi connectivity index (χ4v) is 3.54. The lowest BCUT2D eigenvalue weighted by molar-refractivity contribution is -0.111. The van der Waals surface area contributed by atoms with Crippen molar-refractivity contribution in [1.82, 2.24) is 9.97 Å². The summed E-state index contributed by atoms with van der Waals surface area (Å²) in [4.78, 5) is 23.6. The summed E-state index contributed by atoms with van der Waals surface area (Å²) in [5.74, 6) is 1.33. The van der Waals surface area contributed by atoms with E-state index >= 15 is 0 Å². The van der Waals surface area contributed by atoms with Crippen molar-refractivity contribution < 1.29 is 4.79 Å². The molecule has 0 atom stereocenters. The average Bonchev–Trinajstić information content (AvgIpc) is 3.29. The van der Waals surface area contributed by atoms with Gasteiger partial charge in [-0.3, -0.25) is 4.79 Å². The molecular weight excluding hydrogens is 410 g/mol. The minimum atomic E-state index is -0.201. The Morgan fingerprint density at radius 3 is 2.39 bits per heavy atom.